The third-order valence-corrected chi connectivity index (χ3v) is 5.69. The van der Waals surface area contributed by atoms with Crippen molar-refractivity contribution in [3.05, 3.63) is 94.6 Å². The second-order valence-electron chi connectivity index (χ2n) is 7.93. The van der Waals surface area contributed by atoms with E-state index in [2.05, 4.69) is 24.8 Å². The van der Waals surface area contributed by atoms with Gasteiger partial charge in [-0.2, -0.15) is 0 Å². The molecular formula is C27H25NO3. The van der Waals surface area contributed by atoms with E-state index in [1.54, 1.807) is 4.90 Å². The van der Waals surface area contributed by atoms with Gasteiger partial charge in [-0.15, -0.1) is 0 Å². The molecule has 1 aliphatic heterocycles. The number of carbonyl (C=O) groups excluding carboxylic acids is 2. The summed E-state index contributed by atoms with van der Waals surface area (Å²) in [6.45, 7) is 2.88. The smallest absolute Gasteiger partial charge is 0.325 e. The average Bonchev–Trinajstić information content (AvgIpc) is 2.80. The average molecular weight is 412 g/mol. The first-order valence-corrected chi connectivity index (χ1v) is 10.6. The van der Waals surface area contributed by atoms with Crippen LogP contribution in [-0.4, -0.2) is 36.5 Å². The predicted molar refractivity (Wildman–Crippen MR) is 120 cm³/mol. The van der Waals surface area contributed by atoms with Crippen LogP contribution in [0.2, 0.25) is 0 Å². The van der Waals surface area contributed by atoms with Gasteiger partial charge in [0.25, 0.3) is 5.91 Å². The van der Waals surface area contributed by atoms with Crippen LogP contribution in [0.4, 0.5) is 0 Å². The van der Waals surface area contributed by atoms with Crippen LogP contribution < -0.4 is 0 Å². The summed E-state index contributed by atoms with van der Waals surface area (Å²) in [7, 11) is 0. The Bertz CT molecular complexity index is 1100. The number of rotatable bonds is 4. The van der Waals surface area contributed by atoms with Gasteiger partial charge in [0.1, 0.15) is 13.2 Å². The fraction of sp³-hybridized carbons (Fsp3) is 0.259. The van der Waals surface area contributed by atoms with Gasteiger partial charge < -0.3 is 9.64 Å². The van der Waals surface area contributed by atoms with E-state index in [1.807, 2.05) is 60.7 Å². The lowest BCUT2D eigenvalue weighted by Gasteiger charge is -2.28. The molecule has 4 nitrogen and oxygen atoms in total. The molecule has 0 saturated heterocycles. The Morgan fingerprint density at radius 1 is 1.13 bits per heavy atom. The fourth-order valence-electron chi connectivity index (χ4n) is 3.78. The molecule has 0 N–H and O–H groups in total. The summed E-state index contributed by atoms with van der Waals surface area (Å²) < 4.78 is 5.43. The molecular weight excluding hydrogens is 386 g/mol. The van der Waals surface area contributed by atoms with Crippen LogP contribution in [0, 0.1) is 17.8 Å². The Morgan fingerprint density at radius 2 is 1.94 bits per heavy atom. The monoisotopic (exact) mass is 411 g/mol. The van der Waals surface area contributed by atoms with Crippen molar-refractivity contribution in [2.24, 2.45) is 5.92 Å². The van der Waals surface area contributed by atoms with Gasteiger partial charge in [-0.25, -0.2) is 0 Å². The molecule has 31 heavy (non-hydrogen) atoms. The summed E-state index contributed by atoms with van der Waals surface area (Å²) in [6.07, 6.45) is 7.76. The normalized spacial score (nSPS) is 17.3. The lowest BCUT2D eigenvalue weighted by molar-refractivity contribution is -0.143. The van der Waals surface area contributed by atoms with Gasteiger partial charge in [-0.3, -0.25) is 9.59 Å². The lowest BCUT2D eigenvalue weighted by atomic mass is 9.94. The quantitative estimate of drug-likeness (QED) is 0.561. The molecule has 1 atom stereocenters. The van der Waals surface area contributed by atoms with E-state index < -0.39 is 0 Å². The maximum absolute atomic E-state index is 12.9. The molecule has 0 aromatic heterocycles. The Labute approximate surface area is 183 Å². The first-order chi connectivity index (χ1) is 15.1. The Kier molecular flexibility index (Phi) is 6.33. The summed E-state index contributed by atoms with van der Waals surface area (Å²) in [6, 6.07) is 15.5. The maximum atomic E-state index is 12.9. The van der Waals surface area contributed by atoms with E-state index in [4.69, 9.17) is 4.74 Å². The molecule has 0 fully saturated rings. The number of hydrogen-bond acceptors (Lipinski definition) is 3. The number of esters is 1. The zero-order valence-electron chi connectivity index (χ0n) is 17.6. The molecule has 2 aliphatic rings. The summed E-state index contributed by atoms with van der Waals surface area (Å²) in [5, 5.41) is 0. The van der Waals surface area contributed by atoms with Crippen molar-refractivity contribution in [1.82, 2.24) is 4.90 Å². The van der Waals surface area contributed by atoms with Gasteiger partial charge in [0.15, 0.2) is 0 Å². The molecule has 0 saturated carbocycles. The molecule has 2 aromatic carbocycles. The molecule has 2 aromatic rings. The van der Waals surface area contributed by atoms with Gasteiger partial charge in [-0.05, 0) is 60.2 Å². The van der Waals surface area contributed by atoms with Crippen LogP contribution in [-0.2, 0) is 16.0 Å². The van der Waals surface area contributed by atoms with Gasteiger partial charge in [0.2, 0.25) is 0 Å². The van der Waals surface area contributed by atoms with Crippen LogP contribution in [0.25, 0.3) is 0 Å². The van der Waals surface area contributed by atoms with E-state index in [1.165, 1.54) is 0 Å². The highest BCUT2D eigenvalue weighted by molar-refractivity contribution is 5.98. The number of amides is 1. The molecule has 0 spiro atoms. The molecule has 1 heterocycles. The second kappa shape index (κ2) is 9.49. The Hall–Kier alpha value is -3.58. The SMILES string of the molecule is CC1CC=CC=C1COC(=O)CN1CCc2cc(C#Cc3ccccc3)ccc2C1=O. The summed E-state index contributed by atoms with van der Waals surface area (Å²) in [5.74, 6) is 6.18. The first-order valence-electron chi connectivity index (χ1n) is 10.6. The van der Waals surface area contributed by atoms with Crippen LogP contribution in [0.3, 0.4) is 0 Å². The van der Waals surface area contributed by atoms with E-state index in [9.17, 15) is 9.59 Å². The maximum Gasteiger partial charge on any atom is 0.325 e. The number of fused-ring (bicyclic) bond motifs is 1. The predicted octanol–water partition coefficient (Wildman–Crippen LogP) is 4.15. The molecule has 0 bridgehead atoms. The number of hydrogen-bond donors (Lipinski definition) is 0. The molecule has 1 amide bonds. The van der Waals surface area contributed by atoms with Crippen molar-refractivity contribution in [1.29, 1.82) is 0 Å². The molecule has 0 radical (unpaired) electrons. The number of ether oxygens (including phenoxy) is 1. The fourth-order valence-corrected chi connectivity index (χ4v) is 3.78. The number of carbonyl (C=O) groups is 2. The number of nitrogens with zero attached hydrogens (tertiary/aromatic N) is 1. The highest BCUT2D eigenvalue weighted by Gasteiger charge is 2.26. The largest absolute Gasteiger partial charge is 0.460 e. The Morgan fingerprint density at radius 3 is 2.74 bits per heavy atom. The lowest BCUT2D eigenvalue weighted by Crippen LogP contribution is -2.41. The Balaban J connectivity index is 1.37. The van der Waals surface area contributed by atoms with E-state index in [0.717, 1.165) is 28.7 Å². The van der Waals surface area contributed by atoms with E-state index >= 15 is 0 Å². The molecule has 1 unspecified atom stereocenters. The summed E-state index contributed by atoms with van der Waals surface area (Å²) in [4.78, 5) is 26.7. The standard InChI is InChI=1S/C27H25NO3/c1-20-7-5-6-10-24(20)19-31-26(29)18-28-16-15-23-17-22(13-14-25(23)27(28)30)12-11-21-8-3-2-4-9-21/h2-6,8-10,13-14,17,20H,7,15-16,18-19H2,1H3. The van der Waals surface area contributed by atoms with Crippen LogP contribution in [0.15, 0.2) is 72.3 Å². The van der Waals surface area contributed by atoms with Crippen molar-refractivity contribution in [3.63, 3.8) is 0 Å². The molecule has 4 heteroatoms. The van der Waals surface area contributed by atoms with Crippen molar-refractivity contribution in [2.45, 2.75) is 19.8 Å². The third kappa shape index (κ3) is 5.13. The topological polar surface area (TPSA) is 46.6 Å². The van der Waals surface area contributed by atoms with Gasteiger partial charge >= 0.3 is 5.97 Å². The molecule has 156 valence electrons. The van der Waals surface area contributed by atoms with Gasteiger partial charge in [-0.1, -0.05) is 55.2 Å². The summed E-state index contributed by atoms with van der Waals surface area (Å²) >= 11 is 0. The highest BCUT2D eigenvalue weighted by atomic mass is 16.5. The van der Waals surface area contributed by atoms with E-state index in [-0.39, 0.29) is 25.0 Å². The van der Waals surface area contributed by atoms with Crippen LogP contribution in [0.1, 0.15) is 40.4 Å². The zero-order valence-corrected chi connectivity index (χ0v) is 17.6. The number of benzene rings is 2. The zero-order chi connectivity index (χ0) is 21.6. The number of allylic oxidation sites excluding steroid dienone is 3. The first kappa shape index (κ1) is 20.7. The minimum absolute atomic E-state index is 0.0225. The third-order valence-electron chi connectivity index (χ3n) is 5.69. The van der Waals surface area contributed by atoms with Gasteiger partial charge in [0, 0.05) is 23.2 Å². The second-order valence-corrected chi connectivity index (χ2v) is 7.93. The molecule has 1 aliphatic carbocycles. The van der Waals surface area contributed by atoms with E-state index in [0.29, 0.717) is 24.4 Å². The van der Waals surface area contributed by atoms with Crippen molar-refractivity contribution < 1.29 is 14.3 Å². The minimum Gasteiger partial charge on any atom is -0.460 e. The van der Waals surface area contributed by atoms with Gasteiger partial charge in [0.05, 0.1) is 0 Å². The minimum atomic E-state index is -0.371. The van der Waals surface area contributed by atoms with Crippen LogP contribution in [0.5, 0.6) is 0 Å². The van der Waals surface area contributed by atoms with Crippen molar-refractivity contribution in [2.75, 3.05) is 19.7 Å². The van der Waals surface area contributed by atoms with Crippen LogP contribution >= 0.6 is 0 Å². The molecule has 4 rings (SSSR count). The van der Waals surface area contributed by atoms with Crippen molar-refractivity contribution in [3.8, 4) is 11.8 Å². The van der Waals surface area contributed by atoms with Crippen molar-refractivity contribution >= 4 is 11.9 Å². The summed E-state index contributed by atoms with van der Waals surface area (Å²) in [5.41, 5.74) is 4.55. The highest BCUT2D eigenvalue weighted by Crippen LogP contribution is 2.22.